The van der Waals surface area contributed by atoms with E-state index in [9.17, 15) is 4.79 Å². The van der Waals surface area contributed by atoms with Gasteiger partial charge < -0.3 is 9.84 Å². The molecule has 1 heterocycles. The zero-order chi connectivity index (χ0) is 9.19. The van der Waals surface area contributed by atoms with E-state index < -0.39 is 10.8 Å². The molecule has 1 aliphatic rings. The molecule has 0 aliphatic carbocycles. The predicted octanol–water partition coefficient (Wildman–Crippen LogP) is 1.64. The minimum Gasteiger partial charge on any atom is -0.480 e. The van der Waals surface area contributed by atoms with E-state index in [1.54, 1.807) is 0 Å². The number of halogens is 1. The Labute approximate surface area is 76.7 Å². The standard InChI is InChI=1S/C8H13ClO3/c1-8(9,7(10)11)5-6-3-2-4-12-6/h6H,2-5H2,1H3,(H,10,11). The number of hydrogen-bond donors (Lipinski definition) is 1. The van der Waals surface area contributed by atoms with Crippen molar-refractivity contribution in [2.75, 3.05) is 6.61 Å². The molecule has 1 aliphatic heterocycles. The number of carboxylic acid groups (broad SMARTS) is 1. The number of alkyl halides is 1. The van der Waals surface area contributed by atoms with Crippen LogP contribution < -0.4 is 0 Å². The second kappa shape index (κ2) is 3.62. The average molecular weight is 193 g/mol. The van der Waals surface area contributed by atoms with Crippen LogP contribution in [0.25, 0.3) is 0 Å². The van der Waals surface area contributed by atoms with E-state index in [2.05, 4.69) is 0 Å². The third kappa shape index (κ3) is 2.35. The number of rotatable bonds is 3. The van der Waals surface area contributed by atoms with Gasteiger partial charge in [0.25, 0.3) is 0 Å². The third-order valence-electron chi connectivity index (χ3n) is 2.08. The van der Waals surface area contributed by atoms with E-state index in [-0.39, 0.29) is 6.10 Å². The highest BCUT2D eigenvalue weighted by Crippen LogP contribution is 2.27. The minimum absolute atomic E-state index is 0.0311. The fraction of sp³-hybridized carbons (Fsp3) is 0.875. The van der Waals surface area contributed by atoms with Gasteiger partial charge in [0.2, 0.25) is 0 Å². The number of carboxylic acids is 1. The second-order valence-corrected chi connectivity index (χ2v) is 4.18. The normalized spacial score (nSPS) is 28.3. The van der Waals surface area contributed by atoms with Gasteiger partial charge in [-0.05, 0) is 19.8 Å². The molecule has 1 saturated heterocycles. The average Bonchev–Trinajstić information content (AvgIpc) is 2.38. The fourth-order valence-corrected chi connectivity index (χ4v) is 1.49. The molecular weight excluding hydrogens is 180 g/mol. The molecular formula is C8H13ClO3. The molecule has 1 fully saturated rings. The lowest BCUT2D eigenvalue weighted by atomic mass is 10.0. The third-order valence-corrected chi connectivity index (χ3v) is 2.40. The van der Waals surface area contributed by atoms with Crippen molar-refractivity contribution in [2.45, 2.75) is 37.2 Å². The first-order chi connectivity index (χ1) is 5.52. The molecule has 0 aromatic carbocycles. The predicted molar refractivity (Wildman–Crippen MR) is 45.5 cm³/mol. The molecule has 0 saturated carbocycles. The summed E-state index contributed by atoms with van der Waals surface area (Å²) in [6.45, 7) is 2.25. The molecule has 2 unspecified atom stereocenters. The Balaban J connectivity index is 2.42. The molecule has 0 spiro atoms. The van der Waals surface area contributed by atoms with Crippen molar-refractivity contribution < 1.29 is 14.6 Å². The maximum Gasteiger partial charge on any atom is 0.324 e. The smallest absolute Gasteiger partial charge is 0.324 e. The lowest BCUT2D eigenvalue weighted by molar-refractivity contribution is -0.140. The van der Waals surface area contributed by atoms with E-state index in [0.29, 0.717) is 6.42 Å². The van der Waals surface area contributed by atoms with Gasteiger partial charge in [0, 0.05) is 13.0 Å². The van der Waals surface area contributed by atoms with Crippen molar-refractivity contribution in [3.05, 3.63) is 0 Å². The Bertz CT molecular complexity index is 173. The summed E-state index contributed by atoms with van der Waals surface area (Å²) in [6.07, 6.45) is 2.36. The molecule has 0 radical (unpaired) electrons. The van der Waals surface area contributed by atoms with Crippen molar-refractivity contribution >= 4 is 17.6 Å². The summed E-state index contributed by atoms with van der Waals surface area (Å²) in [7, 11) is 0. The van der Waals surface area contributed by atoms with Crippen LogP contribution in [0.15, 0.2) is 0 Å². The Hall–Kier alpha value is -0.280. The van der Waals surface area contributed by atoms with E-state index in [1.165, 1.54) is 6.92 Å². The molecule has 2 atom stereocenters. The molecule has 3 nitrogen and oxygen atoms in total. The summed E-state index contributed by atoms with van der Waals surface area (Å²) in [5.74, 6) is -0.973. The van der Waals surface area contributed by atoms with Gasteiger partial charge in [0.05, 0.1) is 6.10 Å². The van der Waals surface area contributed by atoms with E-state index >= 15 is 0 Å². The molecule has 0 aromatic rings. The van der Waals surface area contributed by atoms with Crippen LogP contribution in [0.3, 0.4) is 0 Å². The van der Waals surface area contributed by atoms with Gasteiger partial charge in [0.15, 0.2) is 0 Å². The molecule has 4 heteroatoms. The topological polar surface area (TPSA) is 46.5 Å². The summed E-state index contributed by atoms with van der Waals surface area (Å²) in [4.78, 5) is 9.45. The number of aliphatic carboxylic acids is 1. The summed E-state index contributed by atoms with van der Waals surface area (Å²) in [6, 6.07) is 0. The van der Waals surface area contributed by atoms with Crippen LogP contribution in [-0.2, 0) is 9.53 Å². The Morgan fingerprint density at radius 2 is 2.50 bits per heavy atom. The van der Waals surface area contributed by atoms with Crippen LogP contribution in [0, 0.1) is 0 Å². The lowest BCUT2D eigenvalue weighted by Crippen LogP contribution is -2.32. The van der Waals surface area contributed by atoms with Gasteiger partial charge in [-0.25, -0.2) is 0 Å². The zero-order valence-electron chi connectivity index (χ0n) is 7.05. The van der Waals surface area contributed by atoms with Gasteiger partial charge >= 0.3 is 5.97 Å². The molecule has 12 heavy (non-hydrogen) atoms. The van der Waals surface area contributed by atoms with Crippen LogP contribution in [0.4, 0.5) is 0 Å². The monoisotopic (exact) mass is 192 g/mol. The largest absolute Gasteiger partial charge is 0.480 e. The Morgan fingerprint density at radius 1 is 1.83 bits per heavy atom. The van der Waals surface area contributed by atoms with Crippen LogP contribution in [0.5, 0.6) is 0 Å². The maximum atomic E-state index is 10.6. The summed E-state index contributed by atoms with van der Waals surface area (Å²) in [5.41, 5.74) is 0. The van der Waals surface area contributed by atoms with Gasteiger partial charge in [-0.3, -0.25) is 4.79 Å². The highest BCUT2D eigenvalue weighted by atomic mass is 35.5. The summed E-state index contributed by atoms with van der Waals surface area (Å²) >= 11 is 5.77. The molecule has 0 bridgehead atoms. The molecule has 70 valence electrons. The van der Waals surface area contributed by atoms with Crippen LogP contribution >= 0.6 is 11.6 Å². The van der Waals surface area contributed by atoms with Crippen molar-refractivity contribution in [3.8, 4) is 0 Å². The molecule has 1 rings (SSSR count). The molecule has 0 aromatic heterocycles. The number of hydrogen-bond acceptors (Lipinski definition) is 2. The van der Waals surface area contributed by atoms with Gasteiger partial charge in [0.1, 0.15) is 4.87 Å². The number of carbonyl (C=O) groups is 1. The van der Waals surface area contributed by atoms with Gasteiger partial charge in [-0.15, -0.1) is 11.6 Å². The van der Waals surface area contributed by atoms with Crippen molar-refractivity contribution in [2.24, 2.45) is 0 Å². The SMILES string of the molecule is CC(Cl)(CC1CCCO1)C(=O)O. The minimum atomic E-state index is -1.17. The highest BCUT2D eigenvalue weighted by molar-refractivity contribution is 6.33. The number of ether oxygens (including phenoxy) is 1. The lowest BCUT2D eigenvalue weighted by Gasteiger charge is -2.20. The van der Waals surface area contributed by atoms with Crippen LogP contribution in [0.1, 0.15) is 26.2 Å². The van der Waals surface area contributed by atoms with Gasteiger partial charge in [-0.1, -0.05) is 0 Å². The zero-order valence-corrected chi connectivity index (χ0v) is 7.80. The summed E-state index contributed by atoms with van der Waals surface area (Å²) < 4.78 is 5.29. The van der Waals surface area contributed by atoms with Crippen LogP contribution in [0.2, 0.25) is 0 Å². The first-order valence-electron chi connectivity index (χ1n) is 4.06. The van der Waals surface area contributed by atoms with Crippen LogP contribution in [-0.4, -0.2) is 28.7 Å². The van der Waals surface area contributed by atoms with Gasteiger partial charge in [-0.2, -0.15) is 0 Å². The Morgan fingerprint density at radius 3 is 2.92 bits per heavy atom. The molecule has 0 amide bonds. The Kier molecular flexibility index (Phi) is 2.96. The van der Waals surface area contributed by atoms with E-state index in [4.69, 9.17) is 21.4 Å². The summed E-state index contributed by atoms with van der Waals surface area (Å²) in [5, 5.41) is 8.71. The first kappa shape index (κ1) is 9.81. The highest BCUT2D eigenvalue weighted by Gasteiger charge is 2.34. The quantitative estimate of drug-likeness (QED) is 0.692. The second-order valence-electron chi connectivity index (χ2n) is 3.34. The van der Waals surface area contributed by atoms with E-state index in [1.807, 2.05) is 0 Å². The van der Waals surface area contributed by atoms with Crippen molar-refractivity contribution in [1.82, 2.24) is 0 Å². The fourth-order valence-electron chi connectivity index (χ4n) is 1.32. The first-order valence-corrected chi connectivity index (χ1v) is 4.44. The van der Waals surface area contributed by atoms with E-state index in [0.717, 1.165) is 19.4 Å². The van der Waals surface area contributed by atoms with Crippen molar-refractivity contribution in [3.63, 3.8) is 0 Å². The maximum absolute atomic E-state index is 10.6. The van der Waals surface area contributed by atoms with Crippen molar-refractivity contribution in [1.29, 1.82) is 0 Å². The molecule has 1 N–H and O–H groups in total.